The number of hydrogen-bond donors (Lipinski definition) is 0. The third-order valence-corrected chi connectivity index (χ3v) is 1.71. The topological polar surface area (TPSA) is 50.8 Å². The summed E-state index contributed by atoms with van der Waals surface area (Å²) in [5.74, 6) is 0. The summed E-state index contributed by atoms with van der Waals surface area (Å²) in [6.07, 6.45) is 1.87. The van der Waals surface area contributed by atoms with Crippen molar-refractivity contribution in [3.8, 4) is 6.07 Å². The standard InChI is InChI=1S/C7H8ClN3O/c1-12-5-11-6(2-3-9)4-10-7(11)8/h4H,2,5H2,1H3. The molecule has 0 bridgehead atoms. The van der Waals surface area contributed by atoms with Crippen molar-refractivity contribution in [3.63, 3.8) is 0 Å². The fraction of sp³-hybridized carbons (Fsp3) is 0.429. The lowest BCUT2D eigenvalue weighted by Crippen LogP contribution is -2.04. The van der Waals surface area contributed by atoms with Crippen LogP contribution >= 0.6 is 11.6 Å². The molecule has 0 aliphatic heterocycles. The zero-order chi connectivity index (χ0) is 8.97. The van der Waals surface area contributed by atoms with Crippen LogP contribution in [-0.4, -0.2) is 16.7 Å². The van der Waals surface area contributed by atoms with E-state index < -0.39 is 0 Å². The maximum absolute atomic E-state index is 8.45. The number of rotatable bonds is 3. The molecule has 0 radical (unpaired) electrons. The van der Waals surface area contributed by atoms with Crippen LogP contribution in [0.25, 0.3) is 0 Å². The van der Waals surface area contributed by atoms with Crippen LogP contribution in [0.2, 0.25) is 5.28 Å². The molecule has 5 heteroatoms. The molecular weight excluding hydrogens is 178 g/mol. The summed E-state index contributed by atoms with van der Waals surface area (Å²) in [6.45, 7) is 0.329. The minimum atomic E-state index is 0.295. The quantitative estimate of drug-likeness (QED) is 0.711. The van der Waals surface area contributed by atoms with Crippen molar-refractivity contribution in [1.29, 1.82) is 5.26 Å². The summed E-state index contributed by atoms with van der Waals surface area (Å²) in [5.41, 5.74) is 0.768. The Kier molecular flexibility index (Phi) is 3.09. The number of halogens is 1. The highest BCUT2D eigenvalue weighted by atomic mass is 35.5. The molecule has 0 fully saturated rings. The number of imidazole rings is 1. The maximum atomic E-state index is 8.45. The summed E-state index contributed by atoms with van der Waals surface area (Å²) in [4.78, 5) is 3.85. The molecule has 1 rings (SSSR count). The van der Waals surface area contributed by atoms with E-state index in [1.807, 2.05) is 6.07 Å². The fourth-order valence-electron chi connectivity index (χ4n) is 0.873. The molecule has 0 amide bonds. The first-order valence-electron chi connectivity index (χ1n) is 3.35. The first kappa shape index (κ1) is 9.04. The van der Waals surface area contributed by atoms with Crippen molar-refractivity contribution >= 4 is 11.6 Å². The summed E-state index contributed by atoms with van der Waals surface area (Å²) in [7, 11) is 1.56. The highest BCUT2D eigenvalue weighted by Gasteiger charge is 2.06. The van der Waals surface area contributed by atoms with Crippen LogP contribution < -0.4 is 0 Å². The van der Waals surface area contributed by atoms with Crippen molar-refractivity contribution in [3.05, 3.63) is 17.2 Å². The Labute approximate surface area is 75.3 Å². The van der Waals surface area contributed by atoms with Gasteiger partial charge in [0.2, 0.25) is 5.28 Å². The Morgan fingerprint density at radius 2 is 2.58 bits per heavy atom. The van der Waals surface area contributed by atoms with Crippen molar-refractivity contribution in [2.75, 3.05) is 7.11 Å². The van der Waals surface area contributed by atoms with E-state index in [4.69, 9.17) is 21.6 Å². The van der Waals surface area contributed by atoms with Crippen molar-refractivity contribution in [2.24, 2.45) is 0 Å². The van der Waals surface area contributed by atoms with Gasteiger partial charge in [-0.3, -0.25) is 4.57 Å². The minimum Gasteiger partial charge on any atom is -0.364 e. The number of ether oxygens (including phenoxy) is 1. The molecule has 0 saturated carbocycles. The maximum Gasteiger partial charge on any atom is 0.204 e. The van der Waals surface area contributed by atoms with Gasteiger partial charge in [-0.1, -0.05) is 0 Å². The molecule has 0 unspecified atom stereocenters. The van der Waals surface area contributed by atoms with E-state index in [9.17, 15) is 0 Å². The van der Waals surface area contributed by atoms with E-state index >= 15 is 0 Å². The predicted octanol–water partition coefficient (Wildman–Crippen LogP) is 1.21. The van der Waals surface area contributed by atoms with E-state index in [-0.39, 0.29) is 0 Å². The Morgan fingerprint density at radius 1 is 1.83 bits per heavy atom. The number of nitriles is 1. The second-order valence-electron chi connectivity index (χ2n) is 2.20. The zero-order valence-corrected chi connectivity index (χ0v) is 7.38. The van der Waals surface area contributed by atoms with E-state index in [1.54, 1.807) is 17.9 Å². The second-order valence-corrected chi connectivity index (χ2v) is 2.54. The highest BCUT2D eigenvalue weighted by Crippen LogP contribution is 2.10. The SMILES string of the molecule is COCn1c(CC#N)cnc1Cl. The van der Waals surface area contributed by atoms with Gasteiger partial charge in [-0.2, -0.15) is 5.26 Å². The molecule has 0 atom stereocenters. The van der Waals surface area contributed by atoms with Gasteiger partial charge in [-0.25, -0.2) is 4.98 Å². The first-order valence-corrected chi connectivity index (χ1v) is 3.73. The molecule has 0 aliphatic carbocycles. The van der Waals surface area contributed by atoms with Crippen LogP contribution in [0, 0.1) is 11.3 Å². The van der Waals surface area contributed by atoms with Crippen molar-refractivity contribution < 1.29 is 4.74 Å². The average Bonchev–Trinajstić information content (AvgIpc) is 2.37. The summed E-state index contributed by atoms with van der Waals surface area (Å²) in [5, 5.41) is 8.80. The number of hydrogen-bond acceptors (Lipinski definition) is 3. The summed E-state index contributed by atoms with van der Waals surface area (Å²) in [6, 6.07) is 2.02. The second kappa shape index (κ2) is 4.10. The van der Waals surface area contributed by atoms with Gasteiger partial charge >= 0.3 is 0 Å². The Hall–Kier alpha value is -1.05. The number of nitrogens with zero attached hydrogens (tertiary/aromatic N) is 3. The fourth-order valence-corrected chi connectivity index (χ4v) is 1.08. The van der Waals surface area contributed by atoms with Crippen LogP contribution in [0.3, 0.4) is 0 Å². The lowest BCUT2D eigenvalue weighted by Gasteiger charge is -2.04. The van der Waals surface area contributed by atoms with Crippen LogP contribution in [0.5, 0.6) is 0 Å². The van der Waals surface area contributed by atoms with Gasteiger partial charge in [0.25, 0.3) is 0 Å². The monoisotopic (exact) mass is 185 g/mol. The normalized spacial score (nSPS) is 9.75. The average molecular weight is 186 g/mol. The molecule has 64 valence electrons. The van der Waals surface area contributed by atoms with E-state index in [0.717, 1.165) is 5.69 Å². The van der Waals surface area contributed by atoms with Gasteiger partial charge in [-0.05, 0) is 11.6 Å². The molecule has 0 saturated heterocycles. The molecular formula is C7H8ClN3O. The molecule has 4 nitrogen and oxygen atoms in total. The van der Waals surface area contributed by atoms with Gasteiger partial charge in [0.1, 0.15) is 6.73 Å². The van der Waals surface area contributed by atoms with Crippen LogP contribution in [-0.2, 0) is 17.9 Å². The number of aromatic nitrogens is 2. The zero-order valence-electron chi connectivity index (χ0n) is 6.62. The summed E-state index contributed by atoms with van der Waals surface area (Å²) >= 11 is 5.72. The van der Waals surface area contributed by atoms with Gasteiger partial charge in [0.15, 0.2) is 0 Å². The van der Waals surface area contributed by atoms with Crippen LogP contribution in [0.1, 0.15) is 5.69 Å². The van der Waals surface area contributed by atoms with Gasteiger partial charge in [0, 0.05) is 7.11 Å². The Balaban J connectivity index is 2.89. The van der Waals surface area contributed by atoms with E-state index in [0.29, 0.717) is 18.4 Å². The molecule has 1 aromatic rings. The third-order valence-electron chi connectivity index (χ3n) is 1.41. The predicted molar refractivity (Wildman–Crippen MR) is 43.6 cm³/mol. The van der Waals surface area contributed by atoms with Gasteiger partial charge < -0.3 is 4.74 Å². The largest absolute Gasteiger partial charge is 0.364 e. The lowest BCUT2D eigenvalue weighted by molar-refractivity contribution is 0.129. The minimum absolute atomic E-state index is 0.295. The molecule has 0 spiro atoms. The molecule has 0 aliphatic rings. The third kappa shape index (κ3) is 1.76. The van der Waals surface area contributed by atoms with Gasteiger partial charge in [-0.15, -0.1) is 0 Å². The van der Waals surface area contributed by atoms with Crippen molar-refractivity contribution in [1.82, 2.24) is 9.55 Å². The highest BCUT2D eigenvalue weighted by molar-refractivity contribution is 6.28. The Morgan fingerprint density at radius 3 is 3.17 bits per heavy atom. The van der Waals surface area contributed by atoms with Crippen LogP contribution in [0.4, 0.5) is 0 Å². The molecule has 0 N–H and O–H groups in total. The first-order chi connectivity index (χ1) is 5.79. The Bertz CT molecular complexity index is 302. The van der Waals surface area contributed by atoms with Gasteiger partial charge in [0.05, 0.1) is 24.4 Å². The molecule has 1 aromatic heterocycles. The smallest absolute Gasteiger partial charge is 0.204 e. The molecule has 1 heterocycles. The number of methoxy groups -OCH3 is 1. The van der Waals surface area contributed by atoms with E-state index in [2.05, 4.69) is 4.98 Å². The van der Waals surface area contributed by atoms with E-state index in [1.165, 1.54) is 0 Å². The summed E-state index contributed by atoms with van der Waals surface area (Å²) < 4.78 is 6.53. The lowest BCUT2D eigenvalue weighted by atomic mass is 10.3. The molecule has 0 aromatic carbocycles. The molecule has 12 heavy (non-hydrogen) atoms. The van der Waals surface area contributed by atoms with Crippen LogP contribution in [0.15, 0.2) is 6.20 Å². The van der Waals surface area contributed by atoms with Crippen molar-refractivity contribution in [2.45, 2.75) is 13.2 Å².